The lowest BCUT2D eigenvalue weighted by Gasteiger charge is -2.42. The summed E-state index contributed by atoms with van der Waals surface area (Å²) in [6, 6.07) is 0. The molecule has 0 atom stereocenters. The molecule has 1 aliphatic carbocycles. The van der Waals surface area contributed by atoms with Gasteiger partial charge in [-0.05, 0) is 6.92 Å². The van der Waals surface area contributed by atoms with Crippen LogP contribution in [0.15, 0.2) is 0 Å². The Morgan fingerprint density at radius 2 is 2.10 bits per heavy atom. The van der Waals surface area contributed by atoms with Crippen LogP contribution in [0.1, 0.15) is 19.8 Å². The third-order valence-corrected chi connectivity index (χ3v) is 2.10. The van der Waals surface area contributed by atoms with Crippen LogP contribution in [0.3, 0.4) is 0 Å². The lowest BCUT2D eigenvalue weighted by Crippen LogP contribution is -2.48. The van der Waals surface area contributed by atoms with Gasteiger partial charge in [0.1, 0.15) is 0 Å². The van der Waals surface area contributed by atoms with E-state index in [1.54, 1.807) is 14.2 Å². The summed E-state index contributed by atoms with van der Waals surface area (Å²) in [5.74, 6) is 0. The Bertz CT molecular complexity index is 110. The Balaban J connectivity index is 2.16. The van der Waals surface area contributed by atoms with Crippen molar-refractivity contribution >= 4 is 0 Å². The lowest BCUT2D eigenvalue weighted by atomic mass is 9.79. The van der Waals surface area contributed by atoms with Crippen LogP contribution in [0, 0.1) is 0 Å². The first-order valence-electron chi connectivity index (χ1n) is 3.58. The average Bonchev–Trinajstić information content (AvgIpc) is 1.85. The van der Waals surface area contributed by atoms with Crippen LogP contribution in [0.25, 0.3) is 0 Å². The molecule has 0 radical (unpaired) electrons. The zero-order valence-corrected chi connectivity index (χ0v) is 6.81. The Morgan fingerprint density at radius 1 is 1.50 bits per heavy atom. The first-order chi connectivity index (χ1) is 4.70. The van der Waals surface area contributed by atoms with Gasteiger partial charge in [0.05, 0.1) is 11.7 Å². The number of hydrogen-bond donors (Lipinski definition) is 1. The van der Waals surface area contributed by atoms with Gasteiger partial charge in [-0.2, -0.15) is 0 Å². The fourth-order valence-electron chi connectivity index (χ4n) is 1.32. The van der Waals surface area contributed by atoms with Crippen molar-refractivity contribution in [2.45, 2.75) is 31.5 Å². The van der Waals surface area contributed by atoms with E-state index >= 15 is 0 Å². The molecule has 1 rings (SSSR count). The monoisotopic (exact) mass is 145 g/mol. The molecule has 0 heterocycles. The maximum Gasteiger partial charge on any atom is 0.0844 e. The molecule has 3 nitrogen and oxygen atoms in total. The van der Waals surface area contributed by atoms with Gasteiger partial charge < -0.3 is 4.74 Å². The van der Waals surface area contributed by atoms with E-state index in [4.69, 9.17) is 9.57 Å². The van der Waals surface area contributed by atoms with Crippen LogP contribution < -0.4 is 5.48 Å². The minimum absolute atomic E-state index is 0.0709. The zero-order chi connectivity index (χ0) is 7.61. The van der Waals surface area contributed by atoms with Crippen LogP contribution in [0.4, 0.5) is 0 Å². The SMILES string of the molecule is CNOC1CC(C)(OC)C1. The smallest absolute Gasteiger partial charge is 0.0844 e. The van der Waals surface area contributed by atoms with E-state index < -0.39 is 0 Å². The molecule has 1 saturated carbocycles. The zero-order valence-electron chi connectivity index (χ0n) is 6.81. The summed E-state index contributed by atoms with van der Waals surface area (Å²) < 4.78 is 5.24. The highest BCUT2D eigenvalue weighted by molar-refractivity contribution is 4.92. The third kappa shape index (κ3) is 1.48. The standard InChI is InChI=1S/C7H15NO2/c1-7(9-3)4-6(5-7)10-8-2/h6,8H,4-5H2,1-3H3. The van der Waals surface area contributed by atoms with Crippen LogP contribution in [0.5, 0.6) is 0 Å². The van der Waals surface area contributed by atoms with Crippen LogP contribution in [-0.2, 0) is 9.57 Å². The molecule has 0 spiro atoms. The molecule has 1 aliphatic rings. The molecule has 0 unspecified atom stereocenters. The maximum absolute atomic E-state index is 5.24. The van der Waals surface area contributed by atoms with Gasteiger partial charge in [0, 0.05) is 27.0 Å². The van der Waals surface area contributed by atoms with Gasteiger partial charge in [0.2, 0.25) is 0 Å². The summed E-state index contributed by atoms with van der Waals surface area (Å²) in [4.78, 5) is 5.15. The van der Waals surface area contributed by atoms with Crippen molar-refractivity contribution in [2.24, 2.45) is 0 Å². The average molecular weight is 145 g/mol. The summed E-state index contributed by atoms with van der Waals surface area (Å²) in [7, 11) is 3.53. The topological polar surface area (TPSA) is 30.5 Å². The predicted molar refractivity (Wildman–Crippen MR) is 38.6 cm³/mol. The van der Waals surface area contributed by atoms with Gasteiger partial charge in [-0.15, -0.1) is 0 Å². The van der Waals surface area contributed by atoms with Crippen molar-refractivity contribution < 1.29 is 9.57 Å². The van der Waals surface area contributed by atoms with Gasteiger partial charge in [-0.3, -0.25) is 4.84 Å². The molecule has 1 fully saturated rings. The Morgan fingerprint density at radius 3 is 2.50 bits per heavy atom. The molecule has 0 aliphatic heterocycles. The fourth-order valence-corrected chi connectivity index (χ4v) is 1.32. The van der Waals surface area contributed by atoms with Crippen LogP contribution >= 0.6 is 0 Å². The van der Waals surface area contributed by atoms with Gasteiger partial charge >= 0.3 is 0 Å². The minimum Gasteiger partial charge on any atom is -0.378 e. The second kappa shape index (κ2) is 2.86. The highest BCUT2D eigenvalue weighted by Gasteiger charge is 2.41. The molecule has 60 valence electrons. The van der Waals surface area contributed by atoms with E-state index in [9.17, 15) is 0 Å². The highest BCUT2D eigenvalue weighted by atomic mass is 16.7. The van der Waals surface area contributed by atoms with E-state index in [1.807, 2.05) is 0 Å². The Kier molecular flexibility index (Phi) is 2.28. The van der Waals surface area contributed by atoms with Crippen molar-refractivity contribution in [1.29, 1.82) is 0 Å². The highest BCUT2D eigenvalue weighted by Crippen LogP contribution is 2.36. The van der Waals surface area contributed by atoms with E-state index in [-0.39, 0.29) is 5.60 Å². The molecule has 0 aromatic heterocycles. The summed E-state index contributed by atoms with van der Waals surface area (Å²) in [6.07, 6.45) is 2.32. The molecule has 0 saturated heterocycles. The minimum atomic E-state index is 0.0709. The number of ether oxygens (including phenoxy) is 1. The molecule has 1 N–H and O–H groups in total. The Hall–Kier alpha value is -0.120. The first kappa shape index (κ1) is 7.98. The number of nitrogens with one attached hydrogen (secondary N) is 1. The molecule has 3 heteroatoms. The van der Waals surface area contributed by atoms with Crippen LogP contribution in [0.2, 0.25) is 0 Å². The normalized spacial score (nSPS) is 39.3. The van der Waals surface area contributed by atoms with Crippen molar-refractivity contribution in [3.05, 3.63) is 0 Å². The summed E-state index contributed by atoms with van der Waals surface area (Å²) in [5, 5.41) is 0. The predicted octanol–water partition coefficient (Wildman–Crippen LogP) is 0.705. The fraction of sp³-hybridized carbons (Fsp3) is 1.00. The number of hydrogen-bond acceptors (Lipinski definition) is 3. The second-order valence-corrected chi connectivity index (χ2v) is 3.01. The Labute approximate surface area is 61.7 Å². The van der Waals surface area contributed by atoms with Gasteiger partial charge in [-0.1, -0.05) is 0 Å². The van der Waals surface area contributed by atoms with Gasteiger partial charge in [0.15, 0.2) is 0 Å². The lowest BCUT2D eigenvalue weighted by molar-refractivity contribution is -0.167. The molecular weight excluding hydrogens is 130 g/mol. The van der Waals surface area contributed by atoms with Gasteiger partial charge in [-0.25, -0.2) is 5.48 Å². The van der Waals surface area contributed by atoms with Crippen molar-refractivity contribution in [3.63, 3.8) is 0 Å². The van der Waals surface area contributed by atoms with Crippen molar-refractivity contribution in [3.8, 4) is 0 Å². The number of rotatable bonds is 3. The molecule has 10 heavy (non-hydrogen) atoms. The maximum atomic E-state index is 5.24. The van der Waals surface area contributed by atoms with E-state index in [1.165, 1.54) is 0 Å². The van der Waals surface area contributed by atoms with Crippen LogP contribution in [-0.4, -0.2) is 25.9 Å². The van der Waals surface area contributed by atoms with E-state index in [0.29, 0.717) is 6.10 Å². The molecule has 0 amide bonds. The third-order valence-electron chi connectivity index (χ3n) is 2.10. The molecule has 0 aromatic carbocycles. The van der Waals surface area contributed by atoms with E-state index in [0.717, 1.165) is 12.8 Å². The summed E-state index contributed by atoms with van der Waals surface area (Å²) in [6.45, 7) is 2.10. The largest absolute Gasteiger partial charge is 0.378 e. The summed E-state index contributed by atoms with van der Waals surface area (Å²) >= 11 is 0. The molecular formula is C7H15NO2. The number of hydroxylamine groups is 1. The van der Waals surface area contributed by atoms with Gasteiger partial charge in [0.25, 0.3) is 0 Å². The second-order valence-electron chi connectivity index (χ2n) is 3.01. The molecule has 0 aromatic rings. The molecule has 0 bridgehead atoms. The first-order valence-corrected chi connectivity index (χ1v) is 3.58. The summed E-state index contributed by atoms with van der Waals surface area (Å²) in [5.41, 5.74) is 2.75. The quantitative estimate of drug-likeness (QED) is 0.593. The van der Waals surface area contributed by atoms with Crippen molar-refractivity contribution in [2.75, 3.05) is 14.2 Å². The van der Waals surface area contributed by atoms with E-state index in [2.05, 4.69) is 12.4 Å². The van der Waals surface area contributed by atoms with Crippen molar-refractivity contribution in [1.82, 2.24) is 5.48 Å². The number of methoxy groups -OCH3 is 1.